The first-order valence-corrected chi connectivity index (χ1v) is 8.05. The van der Waals surface area contributed by atoms with Crippen molar-refractivity contribution in [1.82, 2.24) is 0 Å². The van der Waals surface area contributed by atoms with Crippen molar-refractivity contribution in [3.05, 3.63) is 106 Å². The molecule has 0 aromatic heterocycles. The molecule has 3 aromatic carbocycles. The first kappa shape index (κ1) is 15.3. The summed E-state index contributed by atoms with van der Waals surface area (Å²) in [5, 5.41) is 0. The van der Waals surface area contributed by atoms with Gasteiger partial charge in [0.2, 0.25) is 0 Å². The first-order valence-electron chi connectivity index (χ1n) is 8.05. The number of benzene rings is 3. The van der Waals surface area contributed by atoms with E-state index in [9.17, 15) is 0 Å². The minimum Gasteiger partial charge on any atom is -0.0622 e. The van der Waals surface area contributed by atoms with Gasteiger partial charge in [-0.2, -0.15) is 0 Å². The molecule has 0 saturated carbocycles. The SMILES string of the molecule is Cc1cc(C)c(/C(=C\c2ccccc2)c2ccccc2)c(C)c1. The fraction of sp³-hybridized carbons (Fsp3) is 0.130. The van der Waals surface area contributed by atoms with E-state index in [1.165, 1.54) is 39.0 Å². The molecule has 3 rings (SSSR count). The minimum absolute atomic E-state index is 1.23. The zero-order chi connectivity index (χ0) is 16.2. The van der Waals surface area contributed by atoms with Crippen molar-refractivity contribution in [2.45, 2.75) is 20.8 Å². The highest BCUT2D eigenvalue weighted by Crippen LogP contribution is 2.31. The molecule has 23 heavy (non-hydrogen) atoms. The maximum Gasteiger partial charge on any atom is -0.0100 e. The summed E-state index contributed by atoms with van der Waals surface area (Å²) in [6.07, 6.45) is 2.29. The molecule has 0 amide bonds. The van der Waals surface area contributed by atoms with Crippen LogP contribution in [0.5, 0.6) is 0 Å². The largest absolute Gasteiger partial charge is 0.0622 e. The normalized spacial score (nSPS) is 11.5. The predicted octanol–water partition coefficient (Wildman–Crippen LogP) is 6.20. The molecule has 0 heterocycles. The Labute approximate surface area is 139 Å². The topological polar surface area (TPSA) is 0 Å². The molecule has 0 spiro atoms. The Morgan fingerprint density at radius 3 is 1.78 bits per heavy atom. The highest BCUT2D eigenvalue weighted by molar-refractivity contribution is 5.93. The summed E-state index contributed by atoms with van der Waals surface area (Å²) in [4.78, 5) is 0. The summed E-state index contributed by atoms with van der Waals surface area (Å²) in [5.74, 6) is 0. The lowest BCUT2D eigenvalue weighted by Crippen LogP contribution is -1.96. The number of hydrogen-bond donors (Lipinski definition) is 0. The van der Waals surface area contributed by atoms with Gasteiger partial charge < -0.3 is 0 Å². The second kappa shape index (κ2) is 6.66. The monoisotopic (exact) mass is 298 g/mol. The molecular formula is C23H22. The molecule has 0 atom stereocenters. The van der Waals surface area contributed by atoms with Crippen LogP contribution in [0, 0.1) is 20.8 Å². The van der Waals surface area contributed by atoms with E-state index >= 15 is 0 Å². The molecule has 0 radical (unpaired) electrons. The van der Waals surface area contributed by atoms with E-state index in [0.29, 0.717) is 0 Å². The van der Waals surface area contributed by atoms with Gasteiger partial charge in [0.05, 0.1) is 0 Å². The number of hydrogen-bond acceptors (Lipinski definition) is 0. The predicted molar refractivity (Wildman–Crippen MR) is 101 cm³/mol. The third-order valence-electron chi connectivity index (χ3n) is 4.14. The van der Waals surface area contributed by atoms with Crippen LogP contribution < -0.4 is 0 Å². The van der Waals surface area contributed by atoms with Crippen molar-refractivity contribution in [3.63, 3.8) is 0 Å². The second-order valence-electron chi connectivity index (χ2n) is 6.11. The molecule has 0 aliphatic carbocycles. The molecular weight excluding hydrogens is 276 g/mol. The van der Waals surface area contributed by atoms with E-state index in [2.05, 4.69) is 99.6 Å². The van der Waals surface area contributed by atoms with Crippen LogP contribution in [0.4, 0.5) is 0 Å². The molecule has 0 unspecified atom stereocenters. The Morgan fingerprint density at radius 1 is 0.696 bits per heavy atom. The minimum atomic E-state index is 1.23. The summed E-state index contributed by atoms with van der Waals surface area (Å²) in [6, 6.07) is 25.7. The maximum atomic E-state index is 2.29. The molecule has 0 nitrogen and oxygen atoms in total. The Bertz CT molecular complexity index is 801. The van der Waals surface area contributed by atoms with E-state index in [-0.39, 0.29) is 0 Å². The molecule has 0 aliphatic rings. The smallest absolute Gasteiger partial charge is 0.0100 e. The van der Waals surface area contributed by atoms with E-state index in [0.717, 1.165) is 0 Å². The third kappa shape index (κ3) is 3.43. The second-order valence-corrected chi connectivity index (χ2v) is 6.11. The highest BCUT2D eigenvalue weighted by Gasteiger charge is 2.11. The van der Waals surface area contributed by atoms with Gasteiger partial charge in [-0.05, 0) is 60.2 Å². The summed E-state index contributed by atoms with van der Waals surface area (Å²) < 4.78 is 0. The van der Waals surface area contributed by atoms with Crippen LogP contribution in [0.25, 0.3) is 11.6 Å². The third-order valence-corrected chi connectivity index (χ3v) is 4.14. The van der Waals surface area contributed by atoms with Crippen LogP contribution in [0.1, 0.15) is 33.4 Å². The Balaban J connectivity index is 2.24. The van der Waals surface area contributed by atoms with Gasteiger partial charge in [0.1, 0.15) is 0 Å². The van der Waals surface area contributed by atoms with Crippen LogP contribution in [0.15, 0.2) is 72.8 Å². The van der Waals surface area contributed by atoms with Crippen molar-refractivity contribution in [1.29, 1.82) is 0 Å². The lowest BCUT2D eigenvalue weighted by molar-refractivity contribution is 1.29. The molecule has 3 aromatic rings. The molecule has 0 aliphatic heterocycles. The molecule has 0 fully saturated rings. The van der Waals surface area contributed by atoms with E-state index < -0.39 is 0 Å². The zero-order valence-electron chi connectivity index (χ0n) is 14.0. The lowest BCUT2D eigenvalue weighted by Gasteiger charge is -2.16. The Kier molecular flexibility index (Phi) is 4.43. The van der Waals surface area contributed by atoms with Gasteiger partial charge in [0.15, 0.2) is 0 Å². The lowest BCUT2D eigenvalue weighted by atomic mass is 9.88. The van der Waals surface area contributed by atoms with E-state index in [4.69, 9.17) is 0 Å². The van der Waals surface area contributed by atoms with Gasteiger partial charge in [0, 0.05) is 0 Å². The van der Waals surface area contributed by atoms with Crippen LogP contribution in [0.2, 0.25) is 0 Å². The van der Waals surface area contributed by atoms with Gasteiger partial charge in [-0.1, -0.05) is 78.4 Å². The Morgan fingerprint density at radius 2 is 1.22 bits per heavy atom. The summed E-state index contributed by atoms with van der Waals surface area (Å²) in [6.45, 7) is 6.57. The van der Waals surface area contributed by atoms with Crippen molar-refractivity contribution in [2.24, 2.45) is 0 Å². The van der Waals surface area contributed by atoms with Gasteiger partial charge in [-0.3, -0.25) is 0 Å². The van der Waals surface area contributed by atoms with Crippen LogP contribution >= 0.6 is 0 Å². The summed E-state index contributed by atoms with van der Waals surface area (Å²) >= 11 is 0. The summed E-state index contributed by atoms with van der Waals surface area (Å²) in [7, 11) is 0. The standard InChI is InChI=1S/C23H22/c1-17-14-18(2)23(19(3)15-17)22(21-12-8-5-9-13-21)16-20-10-6-4-7-11-20/h4-16H,1-3H3/b22-16-. The first-order chi connectivity index (χ1) is 11.1. The maximum absolute atomic E-state index is 2.29. The molecule has 0 saturated heterocycles. The molecule has 0 N–H and O–H groups in total. The van der Waals surface area contributed by atoms with Crippen molar-refractivity contribution in [2.75, 3.05) is 0 Å². The van der Waals surface area contributed by atoms with Crippen LogP contribution in [-0.2, 0) is 0 Å². The van der Waals surface area contributed by atoms with Gasteiger partial charge >= 0.3 is 0 Å². The summed E-state index contributed by atoms with van der Waals surface area (Å²) in [5.41, 5.74) is 9.08. The Hall–Kier alpha value is -2.60. The van der Waals surface area contributed by atoms with E-state index in [1.807, 2.05) is 0 Å². The average Bonchev–Trinajstić information content (AvgIpc) is 2.55. The van der Waals surface area contributed by atoms with Gasteiger partial charge in [-0.15, -0.1) is 0 Å². The number of rotatable bonds is 3. The fourth-order valence-electron chi connectivity index (χ4n) is 3.24. The van der Waals surface area contributed by atoms with Crippen molar-refractivity contribution in [3.8, 4) is 0 Å². The van der Waals surface area contributed by atoms with E-state index in [1.54, 1.807) is 0 Å². The van der Waals surface area contributed by atoms with Crippen molar-refractivity contribution >= 4 is 11.6 Å². The van der Waals surface area contributed by atoms with Crippen LogP contribution in [-0.4, -0.2) is 0 Å². The average molecular weight is 298 g/mol. The van der Waals surface area contributed by atoms with Gasteiger partial charge in [-0.25, -0.2) is 0 Å². The fourth-order valence-corrected chi connectivity index (χ4v) is 3.24. The quantitative estimate of drug-likeness (QED) is 0.505. The van der Waals surface area contributed by atoms with Gasteiger partial charge in [0.25, 0.3) is 0 Å². The number of aryl methyl sites for hydroxylation is 3. The van der Waals surface area contributed by atoms with Crippen LogP contribution in [0.3, 0.4) is 0 Å². The van der Waals surface area contributed by atoms with Crippen molar-refractivity contribution < 1.29 is 0 Å². The highest BCUT2D eigenvalue weighted by atomic mass is 14.2. The molecule has 0 bridgehead atoms. The molecule has 114 valence electrons. The molecule has 0 heteroatoms. The zero-order valence-corrected chi connectivity index (χ0v) is 14.0.